The Balaban J connectivity index is 1.59. The van der Waals surface area contributed by atoms with Crippen LogP contribution in [0.1, 0.15) is 18.1 Å². The molecular weight excluding hydrogens is 436 g/mol. The Labute approximate surface area is 195 Å². The van der Waals surface area contributed by atoms with Gasteiger partial charge in [0, 0.05) is 5.56 Å². The first-order valence-electron chi connectivity index (χ1n) is 10.4. The fourth-order valence-electron chi connectivity index (χ4n) is 3.69. The number of hydrazone groups is 2. The fraction of sp³-hybridized carbons (Fsp3) is 0.120. The van der Waals surface area contributed by atoms with E-state index in [0.717, 1.165) is 11.1 Å². The molecule has 9 nitrogen and oxygen atoms in total. The van der Waals surface area contributed by atoms with Crippen LogP contribution in [0.25, 0.3) is 11.1 Å². The van der Waals surface area contributed by atoms with Crippen molar-refractivity contribution in [2.24, 2.45) is 10.2 Å². The monoisotopic (exact) mass is 458 g/mol. The third-order valence-corrected chi connectivity index (χ3v) is 5.11. The zero-order valence-electron chi connectivity index (χ0n) is 18.7. The number of hydrogen-bond donors (Lipinski definition) is 3. The topological polar surface area (TPSA) is 124 Å². The van der Waals surface area contributed by atoms with E-state index in [2.05, 4.69) is 20.4 Å². The first-order chi connectivity index (χ1) is 16.2. The standard InChI is InChI=1S/C25H22N4O5/c1-14-10-15(2)12-18(11-14)29-24(31)22(16(3)28-29)27-26-21-9-5-8-20(23(21)30)17-6-4-7-19(13-17)34-25(32)33/h4-13,26,30H,1-3H3,(H,32,33). The SMILES string of the molecule is CC1=NN(c2cc(C)cc(C)c2)C(=O)C1=NNc1cccc(-c2cccc(OC(=O)O)c2)c1O. The Morgan fingerprint density at radius 1 is 1.03 bits per heavy atom. The molecule has 3 aromatic rings. The summed E-state index contributed by atoms with van der Waals surface area (Å²) in [5.41, 5.74) is 7.23. The van der Waals surface area contributed by atoms with Gasteiger partial charge in [0.1, 0.15) is 11.5 Å². The van der Waals surface area contributed by atoms with Gasteiger partial charge in [-0.15, -0.1) is 0 Å². The predicted molar refractivity (Wildman–Crippen MR) is 130 cm³/mol. The van der Waals surface area contributed by atoms with E-state index in [1.165, 1.54) is 17.1 Å². The molecule has 0 atom stereocenters. The summed E-state index contributed by atoms with van der Waals surface area (Å²) in [6, 6.07) is 17.0. The molecule has 3 aromatic carbocycles. The molecule has 172 valence electrons. The Hall–Kier alpha value is -4.66. The van der Waals surface area contributed by atoms with E-state index in [-0.39, 0.29) is 28.8 Å². The molecule has 0 bridgehead atoms. The van der Waals surface area contributed by atoms with E-state index in [4.69, 9.17) is 5.11 Å². The van der Waals surface area contributed by atoms with Crippen LogP contribution in [0.5, 0.6) is 11.5 Å². The molecule has 1 aliphatic rings. The third kappa shape index (κ3) is 4.58. The van der Waals surface area contributed by atoms with Crippen molar-refractivity contribution in [1.82, 2.24) is 0 Å². The second kappa shape index (κ2) is 9.07. The first-order valence-corrected chi connectivity index (χ1v) is 10.4. The van der Waals surface area contributed by atoms with Crippen LogP contribution < -0.4 is 15.2 Å². The summed E-state index contributed by atoms with van der Waals surface area (Å²) >= 11 is 0. The summed E-state index contributed by atoms with van der Waals surface area (Å²) in [5, 5.41) is 29.5. The normalized spacial score (nSPS) is 14.3. The number of carboxylic acid groups (broad SMARTS) is 1. The highest BCUT2D eigenvalue weighted by Crippen LogP contribution is 2.36. The molecule has 3 N–H and O–H groups in total. The predicted octanol–water partition coefficient (Wildman–Crippen LogP) is 4.92. The lowest BCUT2D eigenvalue weighted by atomic mass is 10.0. The summed E-state index contributed by atoms with van der Waals surface area (Å²) in [5.74, 6) is -0.382. The second-order valence-corrected chi connectivity index (χ2v) is 7.82. The quantitative estimate of drug-likeness (QED) is 0.216. The maximum atomic E-state index is 13.0. The molecule has 1 heterocycles. The molecule has 0 radical (unpaired) electrons. The minimum Gasteiger partial charge on any atom is -0.505 e. The number of nitrogens with one attached hydrogen (secondary N) is 1. The highest BCUT2D eigenvalue weighted by atomic mass is 16.7. The zero-order valence-corrected chi connectivity index (χ0v) is 18.7. The number of hydrogen-bond acceptors (Lipinski definition) is 7. The number of anilines is 2. The summed E-state index contributed by atoms with van der Waals surface area (Å²) in [7, 11) is 0. The number of carbonyl (C=O) groups excluding carboxylic acids is 1. The first kappa shape index (κ1) is 22.5. The molecule has 0 aliphatic carbocycles. The molecular formula is C25H22N4O5. The van der Waals surface area contributed by atoms with E-state index in [1.54, 1.807) is 37.3 Å². The molecule has 0 saturated heterocycles. The number of aryl methyl sites for hydroxylation is 2. The third-order valence-electron chi connectivity index (χ3n) is 5.11. The van der Waals surface area contributed by atoms with Crippen molar-refractivity contribution in [3.8, 4) is 22.6 Å². The largest absolute Gasteiger partial charge is 0.511 e. The van der Waals surface area contributed by atoms with Crippen molar-refractivity contribution < 1.29 is 24.5 Å². The molecule has 0 aromatic heterocycles. The van der Waals surface area contributed by atoms with E-state index >= 15 is 0 Å². The lowest BCUT2D eigenvalue weighted by Gasteiger charge is -2.13. The maximum Gasteiger partial charge on any atom is 0.511 e. The second-order valence-electron chi connectivity index (χ2n) is 7.82. The average Bonchev–Trinajstić information content (AvgIpc) is 3.05. The van der Waals surface area contributed by atoms with E-state index in [0.29, 0.717) is 22.5 Å². The number of aromatic hydroxyl groups is 1. The van der Waals surface area contributed by atoms with Gasteiger partial charge in [-0.1, -0.05) is 30.3 Å². The van der Waals surface area contributed by atoms with Gasteiger partial charge in [-0.3, -0.25) is 10.2 Å². The lowest BCUT2D eigenvalue weighted by molar-refractivity contribution is -0.112. The van der Waals surface area contributed by atoms with Crippen LogP contribution in [0.4, 0.5) is 16.2 Å². The smallest absolute Gasteiger partial charge is 0.505 e. The van der Waals surface area contributed by atoms with Crippen LogP contribution in [-0.2, 0) is 4.79 Å². The maximum absolute atomic E-state index is 13.0. The van der Waals surface area contributed by atoms with Crippen LogP contribution in [0, 0.1) is 13.8 Å². The molecule has 4 rings (SSSR count). The van der Waals surface area contributed by atoms with E-state index in [1.807, 2.05) is 32.0 Å². The minimum atomic E-state index is -1.43. The van der Waals surface area contributed by atoms with Crippen molar-refractivity contribution in [2.75, 3.05) is 10.4 Å². The Kier molecular flexibility index (Phi) is 6.01. The van der Waals surface area contributed by atoms with Crippen LogP contribution in [-0.4, -0.2) is 33.7 Å². The van der Waals surface area contributed by atoms with Crippen LogP contribution >= 0.6 is 0 Å². The summed E-state index contributed by atoms with van der Waals surface area (Å²) in [4.78, 5) is 23.8. The molecule has 0 spiro atoms. The molecule has 0 unspecified atom stereocenters. The number of nitrogens with zero attached hydrogens (tertiary/aromatic N) is 3. The molecule has 9 heteroatoms. The number of amides is 1. The molecule has 1 aliphatic heterocycles. The van der Waals surface area contributed by atoms with Gasteiger partial charge in [-0.25, -0.2) is 4.79 Å². The summed E-state index contributed by atoms with van der Waals surface area (Å²) < 4.78 is 4.69. The number of carbonyl (C=O) groups is 2. The Morgan fingerprint density at radius 2 is 1.74 bits per heavy atom. The number of benzene rings is 3. The molecule has 0 fully saturated rings. The van der Waals surface area contributed by atoms with Crippen LogP contribution in [0.3, 0.4) is 0 Å². The Bertz CT molecular complexity index is 1340. The van der Waals surface area contributed by atoms with Gasteiger partial charge in [-0.2, -0.15) is 15.2 Å². The summed E-state index contributed by atoms with van der Waals surface area (Å²) in [6.45, 7) is 5.58. The van der Waals surface area contributed by atoms with Gasteiger partial charge in [-0.05, 0) is 67.8 Å². The fourth-order valence-corrected chi connectivity index (χ4v) is 3.69. The van der Waals surface area contributed by atoms with Gasteiger partial charge in [0.25, 0.3) is 0 Å². The zero-order chi connectivity index (χ0) is 24.4. The number of phenolic OH excluding ortho intramolecular Hbond substituents is 1. The van der Waals surface area contributed by atoms with Gasteiger partial charge >= 0.3 is 12.1 Å². The van der Waals surface area contributed by atoms with Crippen molar-refractivity contribution in [3.63, 3.8) is 0 Å². The van der Waals surface area contributed by atoms with Crippen molar-refractivity contribution in [1.29, 1.82) is 0 Å². The van der Waals surface area contributed by atoms with Gasteiger partial charge in [0.05, 0.1) is 17.1 Å². The molecule has 34 heavy (non-hydrogen) atoms. The molecule has 0 saturated carbocycles. The molecule has 1 amide bonds. The highest BCUT2D eigenvalue weighted by Gasteiger charge is 2.31. The number of phenols is 1. The van der Waals surface area contributed by atoms with E-state index in [9.17, 15) is 14.7 Å². The lowest BCUT2D eigenvalue weighted by Crippen LogP contribution is -2.28. The summed E-state index contributed by atoms with van der Waals surface area (Å²) in [6.07, 6.45) is -1.43. The Morgan fingerprint density at radius 3 is 2.44 bits per heavy atom. The number of rotatable bonds is 5. The van der Waals surface area contributed by atoms with Crippen molar-refractivity contribution >= 4 is 34.9 Å². The van der Waals surface area contributed by atoms with Crippen LogP contribution in [0.15, 0.2) is 70.9 Å². The van der Waals surface area contributed by atoms with E-state index < -0.39 is 6.16 Å². The number of ether oxygens (including phenoxy) is 1. The van der Waals surface area contributed by atoms with Crippen molar-refractivity contribution in [2.45, 2.75) is 20.8 Å². The highest BCUT2D eigenvalue weighted by molar-refractivity contribution is 6.71. The van der Waals surface area contributed by atoms with Crippen LogP contribution in [0.2, 0.25) is 0 Å². The van der Waals surface area contributed by atoms with Gasteiger partial charge in [0.2, 0.25) is 0 Å². The van der Waals surface area contributed by atoms with Gasteiger partial charge in [0.15, 0.2) is 5.71 Å². The van der Waals surface area contributed by atoms with Crippen molar-refractivity contribution in [3.05, 3.63) is 71.8 Å². The van der Waals surface area contributed by atoms with Gasteiger partial charge < -0.3 is 14.9 Å². The average molecular weight is 458 g/mol. The minimum absolute atomic E-state index is 0.120. The number of para-hydroxylation sites is 1.